The summed E-state index contributed by atoms with van der Waals surface area (Å²) in [5.41, 5.74) is 1.72. The molecule has 0 aliphatic carbocycles. The van der Waals surface area contributed by atoms with Gasteiger partial charge in [-0.25, -0.2) is 0 Å². The highest BCUT2D eigenvalue weighted by molar-refractivity contribution is 8.01. The van der Waals surface area contributed by atoms with Gasteiger partial charge in [-0.3, -0.25) is 9.59 Å². The topological polar surface area (TPSA) is 58.6 Å². The van der Waals surface area contributed by atoms with Crippen LogP contribution >= 0.6 is 11.8 Å². The fourth-order valence-corrected chi connectivity index (χ4v) is 4.77. The van der Waals surface area contributed by atoms with E-state index in [1.54, 1.807) is 23.8 Å². The van der Waals surface area contributed by atoms with Crippen molar-refractivity contribution in [2.24, 2.45) is 0 Å². The Morgan fingerprint density at radius 3 is 2.86 bits per heavy atom. The standard InChI is InChI=1S/C16H20N2O3S/c1-16(2)12(13(19)17-8-9-21-3)18-14(20)10-6-4-5-7-11(10)15(18)22-16/h4-7,12,15H,8-9H2,1-3H3,(H,17,19)/t12-,15+/m1/s1. The van der Waals surface area contributed by atoms with Gasteiger partial charge in [0.1, 0.15) is 11.4 Å². The Hall–Kier alpha value is -1.53. The smallest absolute Gasteiger partial charge is 0.256 e. The number of rotatable bonds is 4. The number of fused-ring (bicyclic) bond motifs is 3. The summed E-state index contributed by atoms with van der Waals surface area (Å²) in [4.78, 5) is 27.1. The first-order valence-electron chi connectivity index (χ1n) is 7.33. The van der Waals surface area contributed by atoms with Crippen LogP contribution in [0.15, 0.2) is 24.3 Å². The molecule has 0 aromatic heterocycles. The maximum atomic E-state index is 12.7. The molecule has 118 valence electrons. The van der Waals surface area contributed by atoms with E-state index in [1.807, 2.05) is 38.1 Å². The van der Waals surface area contributed by atoms with Gasteiger partial charge in [-0.05, 0) is 25.5 Å². The molecule has 1 N–H and O–H groups in total. The molecule has 0 saturated carbocycles. The molecule has 0 bridgehead atoms. The van der Waals surface area contributed by atoms with Gasteiger partial charge in [-0.2, -0.15) is 0 Å². The first-order chi connectivity index (χ1) is 10.5. The third-order valence-corrected chi connectivity index (χ3v) is 5.69. The number of carbonyl (C=O) groups excluding carboxylic acids is 2. The molecule has 2 aliphatic heterocycles. The second-order valence-electron chi connectivity index (χ2n) is 6.06. The minimum absolute atomic E-state index is 0.0504. The lowest BCUT2D eigenvalue weighted by Gasteiger charge is -2.29. The maximum Gasteiger partial charge on any atom is 0.256 e. The lowest BCUT2D eigenvalue weighted by molar-refractivity contribution is -0.126. The molecule has 0 unspecified atom stereocenters. The lowest BCUT2D eigenvalue weighted by atomic mass is 10.0. The van der Waals surface area contributed by atoms with Gasteiger partial charge in [0.05, 0.1) is 6.61 Å². The van der Waals surface area contributed by atoms with E-state index < -0.39 is 6.04 Å². The Bertz CT molecular complexity index is 617. The van der Waals surface area contributed by atoms with Crippen LogP contribution in [0, 0.1) is 0 Å². The van der Waals surface area contributed by atoms with E-state index >= 15 is 0 Å². The first kappa shape index (κ1) is 15.4. The second-order valence-corrected chi connectivity index (χ2v) is 7.79. The third kappa shape index (κ3) is 2.30. The molecular formula is C16H20N2O3S. The van der Waals surface area contributed by atoms with Crippen LogP contribution in [0.5, 0.6) is 0 Å². The Morgan fingerprint density at radius 1 is 1.41 bits per heavy atom. The summed E-state index contributed by atoms with van der Waals surface area (Å²) >= 11 is 1.67. The number of hydrogen-bond acceptors (Lipinski definition) is 4. The molecule has 3 rings (SSSR count). The van der Waals surface area contributed by atoms with Crippen molar-refractivity contribution in [3.05, 3.63) is 35.4 Å². The highest BCUT2D eigenvalue weighted by atomic mass is 32.2. The van der Waals surface area contributed by atoms with Gasteiger partial charge in [0.25, 0.3) is 5.91 Å². The minimum Gasteiger partial charge on any atom is -0.383 e. The van der Waals surface area contributed by atoms with Gasteiger partial charge in [0, 0.05) is 24.0 Å². The molecule has 0 spiro atoms. The van der Waals surface area contributed by atoms with Crippen LogP contribution in [0.3, 0.4) is 0 Å². The average Bonchev–Trinajstić information content (AvgIpc) is 2.91. The number of nitrogens with one attached hydrogen (secondary N) is 1. The highest BCUT2D eigenvalue weighted by Crippen LogP contribution is 2.56. The van der Waals surface area contributed by atoms with E-state index in [0.29, 0.717) is 18.7 Å². The Kier molecular flexibility index (Phi) is 3.91. The molecule has 2 aliphatic rings. The van der Waals surface area contributed by atoms with Crippen LogP contribution in [0.25, 0.3) is 0 Å². The summed E-state index contributed by atoms with van der Waals surface area (Å²) < 4.78 is 4.64. The van der Waals surface area contributed by atoms with Gasteiger partial charge in [-0.1, -0.05) is 18.2 Å². The molecule has 1 fully saturated rings. The molecule has 1 saturated heterocycles. The van der Waals surface area contributed by atoms with Gasteiger partial charge >= 0.3 is 0 Å². The highest BCUT2D eigenvalue weighted by Gasteiger charge is 2.57. The van der Waals surface area contributed by atoms with Crippen LogP contribution in [0.4, 0.5) is 0 Å². The third-order valence-electron chi connectivity index (χ3n) is 4.15. The quantitative estimate of drug-likeness (QED) is 0.860. The zero-order valence-corrected chi connectivity index (χ0v) is 13.8. The largest absolute Gasteiger partial charge is 0.383 e. The van der Waals surface area contributed by atoms with Crippen LogP contribution in [0.1, 0.15) is 35.1 Å². The summed E-state index contributed by atoms with van der Waals surface area (Å²) in [7, 11) is 1.60. The van der Waals surface area contributed by atoms with Crippen molar-refractivity contribution in [2.45, 2.75) is 30.0 Å². The summed E-state index contributed by atoms with van der Waals surface area (Å²) in [6.45, 7) is 4.95. The van der Waals surface area contributed by atoms with E-state index in [1.165, 1.54) is 0 Å². The normalized spacial score (nSPS) is 25.0. The van der Waals surface area contributed by atoms with Crippen molar-refractivity contribution >= 4 is 23.6 Å². The van der Waals surface area contributed by atoms with Crippen LogP contribution in [0.2, 0.25) is 0 Å². The number of methoxy groups -OCH3 is 1. The number of thioether (sulfide) groups is 1. The van der Waals surface area contributed by atoms with Crippen molar-refractivity contribution in [3.8, 4) is 0 Å². The zero-order chi connectivity index (χ0) is 15.9. The van der Waals surface area contributed by atoms with Gasteiger partial charge in [-0.15, -0.1) is 11.8 Å². The summed E-state index contributed by atoms with van der Waals surface area (Å²) in [6, 6.07) is 7.15. The van der Waals surface area contributed by atoms with Crippen molar-refractivity contribution in [2.75, 3.05) is 20.3 Å². The van der Waals surface area contributed by atoms with Gasteiger partial charge in [0.2, 0.25) is 5.91 Å². The van der Waals surface area contributed by atoms with Crippen molar-refractivity contribution in [1.82, 2.24) is 10.2 Å². The number of hydrogen-bond donors (Lipinski definition) is 1. The van der Waals surface area contributed by atoms with E-state index in [0.717, 1.165) is 5.56 Å². The Morgan fingerprint density at radius 2 is 2.14 bits per heavy atom. The molecule has 2 atom stereocenters. The number of amides is 2. The van der Waals surface area contributed by atoms with E-state index in [-0.39, 0.29) is 21.9 Å². The molecule has 2 heterocycles. The molecule has 2 amide bonds. The van der Waals surface area contributed by atoms with E-state index in [2.05, 4.69) is 5.32 Å². The maximum absolute atomic E-state index is 12.7. The fourth-order valence-electron chi connectivity index (χ4n) is 3.18. The number of benzene rings is 1. The predicted octanol–water partition coefficient (Wildman–Crippen LogP) is 1.80. The van der Waals surface area contributed by atoms with Crippen LogP contribution in [-0.4, -0.2) is 47.8 Å². The number of carbonyl (C=O) groups is 2. The molecule has 1 aromatic rings. The van der Waals surface area contributed by atoms with Crippen molar-refractivity contribution in [1.29, 1.82) is 0 Å². The summed E-state index contributed by atoms with van der Waals surface area (Å²) in [5, 5.41) is 2.80. The molecule has 1 aromatic carbocycles. The van der Waals surface area contributed by atoms with Crippen molar-refractivity contribution in [3.63, 3.8) is 0 Å². The molecular weight excluding hydrogens is 300 g/mol. The first-order valence-corrected chi connectivity index (χ1v) is 8.21. The summed E-state index contributed by atoms with van der Waals surface area (Å²) in [5.74, 6) is -0.163. The summed E-state index contributed by atoms with van der Waals surface area (Å²) in [6.07, 6.45) is 0. The van der Waals surface area contributed by atoms with Crippen molar-refractivity contribution < 1.29 is 14.3 Å². The van der Waals surface area contributed by atoms with Crippen LogP contribution in [-0.2, 0) is 9.53 Å². The lowest BCUT2D eigenvalue weighted by Crippen LogP contribution is -2.52. The predicted molar refractivity (Wildman–Crippen MR) is 85.7 cm³/mol. The molecule has 5 nitrogen and oxygen atoms in total. The minimum atomic E-state index is -0.473. The van der Waals surface area contributed by atoms with Gasteiger partial charge in [0.15, 0.2) is 0 Å². The van der Waals surface area contributed by atoms with Crippen LogP contribution < -0.4 is 5.32 Å². The Labute approximate surface area is 134 Å². The molecule has 0 radical (unpaired) electrons. The van der Waals surface area contributed by atoms with Gasteiger partial charge < -0.3 is 15.0 Å². The zero-order valence-electron chi connectivity index (χ0n) is 13.0. The van der Waals surface area contributed by atoms with E-state index in [9.17, 15) is 9.59 Å². The monoisotopic (exact) mass is 320 g/mol. The average molecular weight is 320 g/mol. The SMILES string of the molecule is COCCNC(=O)[C@H]1N2C(=O)c3ccccc3[C@@H]2SC1(C)C. The fraction of sp³-hybridized carbons (Fsp3) is 0.500. The van der Waals surface area contributed by atoms with E-state index in [4.69, 9.17) is 4.74 Å². The number of ether oxygens (including phenoxy) is 1. The molecule has 22 heavy (non-hydrogen) atoms. The molecule has 6 heteroatoms. The number of nitrogens with zero attached hydrogens (tertiary/aromatic N) is 1. The second kappa shape index (κ2) is 5.59. The Balaban J connectivity index is 1.89.